The molecule has 0 saturated heterocycles. The molecule has 0 aromatic rings. The van der Waals surface area contributed by atoms with Gasteiger partial charge >= 0.3 is 41.3 Å². The fourth-order valence-corrected chi connectivity index (χ4v) is 8.92. The van der Waals surface area contributed by atoms with Crippen LogP contribution in [0.15, 0.2) is 34.4 Å². The van der Waals surface area contributed by atoms with Gasteiger partial charge < -0.3 is 24.8 Å². The second kappa shape index (κ2) is 14.3. The SMILES string of the molecule is C[C](C)=[Zr+2].C[Si](C)(C)[C@@H]1[C-]=CC2=C1CCCC2.C[Si](C)(C)[C@H]1[C-]=CC2=C1CCCC2.[Cl-].[Cl-]. The second-order valence-electron chi connectivity index (χ2n) is 11.7. The summed E-state index contributed by atoms with van der Waals surface area (Å²) in [6.45, 7) is 19.0. The van der Waals surface area contributed by atoms with E-state index in [0.717, 1.165) is 11.1 Å². The van der Waals surface area contributed by atoms with Gasteiger partial charge in [-0.2, -0.15) is 22.3 Å². The molecule has 0 nitrogen and oxygen atoms in total. The van der Waals surface area contributed by atoms with Gasteiger partial charge in [-0.05, 0) is 12.8 Å². The van der Waals surface area contributed by atoms with Gasteiger partial charge in [0.1, 0.15) is 0 Å². The van der Waals surface area contributed by atoms with Crippen LogP contribution in [-0.2, 0) is 24.2 Å². The summed E-state index contributed by atoms with van der Waals surface area (Å²) in [5.41, 5.74) is 8.26. The van der Waals surface area contributed by atoms with Crippen molar-refractivity contribution < 1.29 is 49.0 Å². The predicted octanol–water partition coefficient (Wildman–Crippen LogP) is 2.63. The van der Waals surface area contributed by atoms with Crippen LogP contribution in [0.3, 0.4) is 0 Å². The van der Waals surface area contributed by atoms with E-state index in [4.69, 9.17) is 0 Å². The minimum absolute atomic E-state index is 0. The van der Waals surface area contributed by atoms with Gasteiger partial charge in [0.05, 0.1) is 0 Å². The minimum Gasteiger partial charge on any atom is -1.00 e. The van der Waals surface area contributed by atoms with E-state index in [9.17, 15) is 0 Å². The molecule has 0 unspecified atom stereocenters. The van der Waals surface area contributed by atoms with E-state index in [-0.39, 0.29) is 24.8 Å². The first-order valence-electron chi connectivity index (χ1n) is 12.1. The predicted molar refractivity (Wildman–Crippen MR) is 137 cm³/mol. The largest absolute Gasteiger partial charge is 1.00 e. The van der Waals surface area contributed by atoms with Gasteiger partial charge in [-0.25, -0.2) is 12.2 Å². The molecule has 0 N–H and O–H groups in total. The monoisotopic (exact) mass is 584 g/mol. The number of hydrogen-bond acceptors (Lipinski definition) is 0. The van der Waals surface area contributed by atoms with Crippen LogP contribution in [0.4, 0.5) is 0 Å². The fourth-order valence-electron chi connectivity index (χ4n) is 5.01. The van der Waals surface area contributed by atoms with Crippen molar-refractivity contribution in [3.8, 4) is 0 Å². The van der Waals surface area contributed by atoms with E-state index in [1.807, 2.05) is 0 Å². The normalized spacial score (nSPS) is 23.7. The number of allylic oxidation sites excluding steroid dienone is 8. The summed E-state index contributed by atoms with van der Waals surface area (Å²) in [4.78, 5) is 0. The molecule has 0 radical (unpaired) electrons. The summed E-state index contributed by atoms with van der Waals surface area (Å²) in [7, 11) is -2.07. The van der Waals surface area contributed by atoms with Crippen molar-refractivity contribution in [2.45, 2.75) is 116 Å². The molecular formula is C27H44Cl2Si2Zr-2. The van der Waals surface area contributed by atoms with Gasteiger partial charge in [0.15, 0.2) is 0 Å². The Labute approximate surface area is 229 Å². The summed E-state index contributed by atoms with van der Waals surface area (Å²) >= 11 is 1.55. The van der Waals surface area contributed by atoms with Crippen molar-refractivity contribution in [1.82, 2.24) is 0 Å². The molecule has 0 amide bonds. The number of hydrogen-bond donors (Lipinski definition) is 0. The average molecular weight is 587 g/mol. The maximum absolute atomic E-state index is 3.60. The molecule has 0 fully saturated rings. The van der Waals surface area contributed by atoms with Crippen molar-refractivity contribution >= 4 is 19.4 Å². The van der Waals surface area contributed by atoms with Crippen LogP contribution in [0.25, 0.3) is 0 Å². The molecule has 4 aliphatic carbocycles. The van der Waals surface area contributed by atoms with Crippen molar-refractivity contribution in [2.24, 2.45) is 0 Å². The van der Waals surface area contributed by atoms with Crippen LogP contribution >= 0.6 is 0 Å². The molecule has 4 aliphatic rings. The third kappa shape index (κ3) is 9.77. The van der Waals surface area contributed by atoms with Gasteiger partial charge in [-0.1, -0.05) is 88.9 Å². The Balaban J connectivity index is 0.000000490. The van der Waals surface area contributed by atoms with E-state index in [0.29, 0.717) is 0 Å². The molecule has 0 spiro atoms. The van der Waals surface area contributed by atoms with Crippen LogP contribution in [0.1, 0.15) is 65.2 Å². The first-order chi connectivity index (χ1) is 13.9. The van der Waals surface area contributed by atoms with Gasteiger partial charge in [0, 0.05) is 16.1 Å². The Bertz CT molecular complexity index is 687. The van der Waals surface area contributed by atoms with Gasteiger partial charge in [-0.15, -0.1) is 0 Å². The zero-order chi connectivity index (χ0) is 22.5. The second-order valence-corrected chi connectivity index (χ2v) is 24.8. The van der Waals surface area contributed by atoms with Crippen LogP contribution < -0.4 is 24.8 Å². The Kier molecular flexibility index (Phi) is 14.7. The van der Waals surface area contributed by atoms with Gasteiger partial charge in [0.25, 0.3) is 0 Å². The van der Waals surface area contributed by atoms with E-state index in [2.05, 4.69) is 77.4 Å². The standard InChI is InChI=1S/2C12H19Si.C3H6.2ClH.Zr/c2*1-13(2,3)12-9-8-10-6-4-5-7-11(10)12;1-3-2;;;/h2*8,12H,4-7H2,1-3H3;1-2H3;2*1H;/q2*-1;;;;+2/p-2/t2*12-;;;;/m10..../s1. The third-order valence-electron chi connectivity index (χ3n) is 6.39. The van der Waals surface area contributed by atoms with E-state index in [1.54, 1.807) is 46.5 Å². The van der Waals surface area contributed by atoms with Crippen molar-refractivity contribution in [3.63, 3.8) is 0 Å². The topological polar surface area (TPSA) is 0 Å². The molecular weight excluding hydrogens is 543 g/mol. The summed E-state index contributed by atoms with van der Waals surface area (Å²) < 4.78 is 1.51. The Morgan fingerprint density at radius 1 is 0.688 bits per heavy atom. The summed E-state index contributed by atoms with van der Waals surface area (Å²) in [6, 6.07) is 0. The summed E-state index contributed by atoms with van der Waals surface area (Å²) in [5, 5.41) is 0. The molecule has 0 heterocycles. The minimum atomic E-state index is -1.03. The third-order valence-corrected chi connectivity index (χ3v) is 10.9. The van der Waals surface area contributed by atoms with Gasteiger partial charge in [0.2, 0.25) is 0 Å². The van der Waals surface area contributed by atoms with Crippen LogP contribution in [0.2, 0.25) is 50.4 Å². The molecule has 4 rings (SSSR count). The molecule has 0 aromatic heterocycles. The van der Waals surface area contributed by atoms with Crippen molar-refractivity contribution in [2.75, 3.05) is 0 Å². The molecule has 2 atom stereocenters. The Morgan fingerprint density at radius 2 is 0.969 bits per heavy atom. The Morgan fingerprint density at radius 3 is 1.25 bits per heavy atom. The average Bonchev–Trinajstić information content (AvgIpc) is 3.25. The van der Waals surface area contributed by atoms with Crippen LogP contribution in [0.5, 0.6) is 0 Å². The summed E-state index contributed by atoms with van der Waals surface area (Å²) in [6.07, 6.45) is 22.8. The maximum Gasteiger partial charge on any atom is 0.0360 e. The smallest absolute Gasteiger partial charge is 0.0360 e. The number of halogens is 2. The van der Waals surface area contributed by atoms with Gasteiger partial charge in [-0.3, -0.25) is 12.2 Å². The maximum atomic E-state index is 3.60. The van der Waals surface area contributed by atoms with Crippen molar-refractivity contribution in [3.05, 3.63) is 46.6 Å². The first kappa shape index (κ1) is 32.7. The molecule has 180 valence electrons. The zero-order valence-corrected chi connectivity index (χ0v) is 27.7. The summed E-state index contributed by atoms with van der Waals surface area (Å²) in [5.74, 6) is 0. The molecule has 0 saturated carbocycles. The van der Waals surface area contributed by atoms with Crippen molar-refractivity contribution in [1.29, 1.82) is 0 Å². The Hall–Kier alpha value is 0.727. The van der Waals surface area contributed by atoms with E-state index in [1.165, 1.54) is 54.6 Å². The molecule has 5 heteroatoms. The molecule has 0 bridgehead atoms. The number of rotatable bonds is 2. The first-order valence-corrected chi connectivity index (χ1v) is 20.4. The molecule has 32 heavy (non-hydrogen) atoms. The molecule has 0 aliphatic heterocycles. The fraction of sp³-hybridized carbons (Fsp3) is 0.667. The van der Waals surface area contributed by atoms with Crippen LogP contribution in [-0.4, -0.2) is 19.4 Å². The van der Waals surface area contributed by atoms with E-state index < -0.39 is 16.1 Å². The quantitative estimate of drug-likeness (QED) is 0.345. The van der Waals surface area contributed by atoms with Crippen LogP contribution in [0, 0.1) is 12.2 Å². The molecule has 0 aromatic carbocycles. The van der Waals surface area contributed by atoms with E-state index >= 15 is 0 Å². The zero-order valence-electron chi connectivity index (χ0n) is 21.7.